The number of nitrogens with one attached hydrogen (secondary N) is 2. The third-order valence-electron chi connectivity index (χ3n) is 3.41. The second-order valence-electron chi connectivity index (χ2n) is 5.34. The van der Waals surface area contributed by atoms with Gasteiger partial charge >= 0.3 is 18.0 Å². The Morgan fingerprint density at radius 1 is 1.23 bits per heavy atom. The van der Waals surface area contributed by atoms with Gasteiger partial charge < -0.3 is 20.1 Å². The first-order chi connectivity index (χ1) is 12.4. The fraction of sp³-hybridized carbons (Fsp3) is 0.353. The molecule has 1 aromatic carbocycles. The molecule has 1 aromatic rings. The largest absolute Gasteiger partial charge is 0.463 e. The van der Waals surface area contributed by atoms with E-state index >= 15 is 0 Å². The second kappa shape index (κ2) is 9.63. The molecule has 0 saturated carbocycles. The van der Waals surface area contributed by atoms with Crippen LogP contribution in [0.5, 0.6) is 0 Å². The summed E-state index contributed by atoms with van der Waals surface area (Å²) in [4.78, 5) is 36.6. The lowest BCUT2D eigenvalue weighted by atomic mass is 10.0. The van der Waals surface area contributed by atoms with Crippen molar-refractivity contribution >= 4 is 45.7 Å². The zero-order valence-electron chi connectivity index (χ0n) is 14.3. The molecule has 2 amide bonds. The van der Waals surface area contributed by atoms with E-state index in [-0.39, 0.29) is 30.2 Å². The van der Waals surface area contributed by atoms with Gasteiger partial charge in [0.25, 0.3) is 0 Å². The van der Waals surface area contributed by atoms with E-state index in [0.717, 1.165) is 9.37 Å². The van der Waals surface area contributed by atoms with Crippen molar-refractivity contribution in [3.8, 4) is 0 Å². The SMILES string of the molecule is CCOC(=O)C1=C(COC(=O)CSc2ccc(Br)cc2)NC(=O)N[C@@H]1C. The first-order valence-electron chi connectivity index (χ1n) is 7.92. The molecule has 0 radical (unpaired) electrons. The number of rotatable bonds is 7. The van der Waals surface area contributed by atoms with E-state index in [9.17, 15) is 14.4 Å². The van der Waals surface area contributed by atoms with Gasteiger partial charge in [0.1, 0.15) is 6.61 Å². The van der Waals surface area contributed by atoms with Gasteiger partial charge in [0, 0.05) is 9.37 Å². The summed E-state index contributed by atoms with van der Waals surface area (Å²) < 4.78 is 11.2. The Balaban J connectivity index is 1.96. The fourth-order valence-corrected chi connectivity index (χ4v) is 3.22. The van der Waals surface area contributed by atoms with Crippen LogP contribution < -0.4 is 10.6 Å². The first kappa shape index (κ1) is 20.3. The third kappa shape index (κ3) is 5.77. The summed E-state index contributed by atoms with van der Waals surface area (Å²) in [5.74, 6) is -0.886. The van der Waals surface area contributed by atoms with Crippen molar-refractivity contribution in [2.75, 3.05) is 19.0 Å². The Hall–Kier alpha value is -2.00. The summed E-state index contributed by atoms with van der Waals surface area (Å²) in [6.45, 7) is 3.36. The maximum Gasteiger partial charge on any atom is 0.338 e. The highest BCUT2D eigenvalue weighted by Crippen LogP contribution is 2.21. The maximum atomic E-state index is 12.1. The number of urea groups is 1. The second-order valence-corrected chi connectivity index (χ2v) is 7.30. The van der Waals surface area contributed by atoms with Crippen LogP contribution in [0.1, 0.15) is 13.8 Å². The number of ether oxygens (including phenoxy) is 2. The summed E-state index contributed by atoms with van der Waals surface area (Å²) in [6, 6.07) is 6.55. The molecule has 7 nitrogen and oxygen atoms in total. The highest BCUT2D eigenvalue weighted by molar-refractivity contribution is 9.10. The average Bonchev–Trinajstić information content (AvgIpc) is 2.59. The number of carbonyl (C=O) groups is 3. The molecule has 140 valence electrons. The van der Waals surface area contributed by atoms with Crippen molar-refractivity contribution in [2.24, 2.45) is 0 Å². The zero-order chi connectivity index (χ0) is 19.1. The molecule has 1 heterocycles. The van der Waals surface area contributed by atoms with Gasteiger partial charge in [-0.2, -0.15) is 0 Å². The summed E-state index contributed by atoms with van der Waals surface area (Å²) in [7, 11) is 0. The van der Waals surface area contributed by atoms with E-state index in [2.05, 4.69) is 26.6 Å². The topological polar surface area (TPSA) is 93.7 Å². The molecule has 2 N–H and O–H groups in total. The van der Waals surface area contributed by atoms with E-state index in [0.29, 0.717) is 0 Å². The molecular weight excluding hydrogens is 424 g/mol. The van der Waals surface area contributed by atoms with Gasteiger partial charge in [0.15, 0.2) is 0 Å². The smallest absolute Gasteiger partial charge is 0.338 e. The Morgan fingerprint density at radius 3 is 2.58 bits per heavy atom. The number of amides is 2. The minimum atomic E-state index is -0.553. The Morgan fingerprint density at radius 2 is 1.92 bits per heavy atom. The molecule has 1 atom stereocenters. The van der Waals surface area contributed by atoms with Crippen LogP contribution in [0.4, 0.5) is 4.79 Å². The lowest BCUT2D eigenvalue weighted by Crippen LogP contribution is -2.50. The number of benzene rings is 1. The number of hydrogen-bond acceptors (Lipinski definition) is 6. The number of thioether (sulfide) groups is 1. The van der Waals surface area contributed by atoms with Crippen molar-refractivity contribution in [1.82, 2.24) is 10.6 Å². The number of halogens is 1. The van der Waals surface area contributed by atoms with Crippen LogP contribution in [0.3, 0.4) is 0 Å². The Kier molecular flexibility index (Phi) is 7.52. The number of carbonyl (C=O) groups excluding carboxylic acids is 3. The van der Waals surface area contributed by atoms with Gasteiger partial charge in [0.2, 0.25) is 0 Å². The van der Waals surface area contributed by atoms with E-state index in [1.54, 1.807) is 13.8 Å². The maximum absolute atomic E-state index is 12.1. The third-order valence-corrected chi connectivity index (χ3v) is 4.93. The first-order valence-corrected chi connectivity index (χ1v) is 9.70. The Bertz CT molecular complexity index is 720. The van der Waals surface area contributed by atoms with E-state index in [4.69, 9.17) is 9.47 Å². The monoisotopic (exact) mass is 442 g/mol. The van der Waals surface area contributed by atoms with Gasteiger partial charge in [-0.3, -0.25) is 4.79 Å². The molecule has 2 rings (SSSR count). The molecule has 0 bridgehead atoms. The van der Waals surface area contributed by atoms with Crippen LogP contribution in [0.2, 0.25) is 0 Å². The molecule has 9 heteroatoms. The minimum Gasteiger partial charge on any atom is -0.463 e. The zero-order valence-corrected chi connectivity index (χ0v) is 16.7. The quantitative estimate of drug-likeness (QED) is 0.497. The average molecular weight is 443 g/mol. The van der Waals surface area contributed by atoms with Gasteiger partial charge in [0.05, 0.1) is 29.7 Å². The van der Waals surface area contributed by atoms with Gasteiger partial charge in [-0.15, -0.1) is 11.8 Å². The lowest BCUT2D eigenvalue weighted by molar-refractivity contribution is -0.141. The lowest BCUT2D eigenvalue weighted by Gasteiger charge is -2.26. The standard InChI is InChI=1S/C17H19BrN2O5S/c1-3-24-16(22)15-10(2)19-17(23)20-13(15)8-25-14(21)9-26-12-6-4-11(18)5-7-12/h4-7,10H,3,8-9H2,1-2H3,(H2,19,20,23)/t10-/m1/s1. The predicted octanol–water partition coefficient (Wildman–Crippen LogP) is 2.60. The summed E-state index contributed by atoms with van der Waals surface area (Å²) in [6.07, 6.45) is 0. The molecule has 0 unspecified atom stereocenters. The Labute approximate surface area is 164 Å². The molecular formula is C17H19BrN2O5S. The molecule has 1 aliphatic rings. The molecule has 0 fully saturated rings. The molecule has 0 saturated heterocycles. The van der Waals surface area contributed by atoms with Gasteiger partial charge in [-0.25, -0.2) is 9.59 Å². The molecule has 1 aliphatic heterocycles. The minimum absolute atomic E-state index is 0.116. The molecule has 0 aromatic heterocycles. The molecule has 0 aliphatic carbocycles. The predicted molar refractivity (Wildman–Crippen MR) is 101 cm³/mol. The highest BCUT2D eigenvalue weighted by atomic mass is 79.9. The molecule has 0 spiro atoms. The van der Waals surface area contributed by atoms with Crippen molar-refractivity contribution in [3.63, 3.8) is 0 Å². The van der Waals surface area contributed by atoms with Gasteiger partial charge in [-0.1, -0.05) is 15.9 Å². The van der Waals surface area contributed by atoms with Crippen molar-refractivity contribution < 1.29 is 23.9 Å². The number of esters is 2. The van der Waals surface area contributed by atoms with Crippen LogP contribution in [-0.4, -0.2) is 43.0 Å². The van der Waals surface area contributed by atoms with Crippen LogP contribution >= 0.6 is 27.7 Å². The van der Waals surface area contributed by atoms with E-state index < -0.39 is 24.0 Å². The van der Waals surface area contributed by atoms with E-state index in [1.165, 1.54) is 11.8 Å². The van der Waals surface area contributed by atoms with Crippen molar-refractivity contribution in [1.29, 1.82) is 0 Å². The van der Waals surface area contributed by atoms with E-state index in [1.807, 2.05) is 24.3 Å². The number of hydrogen-bond donors (Lipinski definition) is 2. The summed E-state index contributed by atoms with van der Waals surface area (Å²) in [5, 5.41) is 5.09. The van der Waals surface area contributed by atoms with Gasteiger partial charge in [-0.05, 0) is 38.1 Å². The molecule has 26 heavy (non-hydrogen) atoms. The highest BCUT2D eigenvalue weighted by Gasteiger charge is 2.30. The normalized spacial score (nSPS) is 16.6. The summed E-state index contributed by atoms with van der Waals surface area (Å²) in [5.41, 5.74) is 0.488. The van der Waals surface area contributed by atoms with Crippen LogP contribution in [0, 0.1) is 0 Å². The van der Waals surface area contributed by atoms with Crippen molar-refractivity contribution in [2.45, 2.75) is 24.8 Å². The summed E-state index contributed by atoms with van der Waals surface area (Å²) >= 11 is 4.69. The fourth-order valence-electron chi connectivity index (χ4n) is 2.26. The van der Waals surface area contributed by atoms with Crippen LogP contribution in [0.15, 0.2) is 44.9 Å². The van der Waals surface area contributed by atoms with Crippen molar-refractivity contribution in [3.05, 3.63) is 40.0 Å². The van der Waals surface area contributed by atoms with Crippen LogP contribution in [-0.2, 0) is 19.1 Å². The van der Waals surface area contributed by atoms with Crippen LogP contribution in [0.25, 0.3) is 0 Å².